The average molecular weight is 419 g/mol. The summed E-state index contributed by atoms with van der Waals surface area (Å²) in [6.45, 7) is 1.81. The minimum atomic E-state index is -0.549. The fourth-order valence-corrected chi connectivity index (χ4v) is 4.37. The van der Waals surface area contributed by atoms with Crippen LogP contribution in [0.5, 0.6) is 0 Å². The molecule has 1 spiro atoms. The number of nitrogens with one attached hydrogen (secondary N) is 2. The summed E-state index contributed by atoms with van der Waals surface area (Å²) in [5.74, 6) is -0.397. The number of hydrogen-bond donors (Lipinski definition) is 2. The molecule has 146 valence electrons. The first-order chi connectivity index (χ1) is 13.5. The molecule has 2 aromatic rings. The Morgan fingerprint density at radius 2 is 1.89 bits per heavy atom. The minimum Gasteiger partial charge on any atom is -0.349 e. The summed E-state index contributed by atoms with van der Waals surface area (Å²) >= 11 is 11.3. The van der Waals surface area contributed by atoms with Gasteiger partial charge in [0.15, 0.2) is 5.11 Å². The summed E-state index contributed by atoms with van der Waals surface area (Å²) in [7, 11) is 0. The standard InChI is InChI=1S/C20H20ClFN4OS/c21-16-12-14(6-7-17(16)22)24-19(28)25-10-8-20(9-11-25)18(27)23-13-26(20)15-4-2-1-3-5-15/h1-7,12H,8-11,13H2,(H,23,27)(H,24,28). The van der Waals surface area contributed by atoms with E-state index in [0.29, 0.717) is 43.4 Å². The van der Waals surface area contributed by atoms with Gasteiger partial charge < -0.3 is 20.4 Å². The van der Waals surface area contributed by atoms with Gasteiger partial charge in [0.1, 0.15) is 11.4 Å². The van der Waals surface area contributed by atoms with Gasteiger partial charge in [0.2, 0.25) is 5.91 Å². The first-order valence-corrected chi connectivity index (χ1v) is 9.90. The number of rotatable bonds is 2. The van der Waals surface area contributed by atoms with Gasteiger partial charge in [0, 0.05) is 24.5 Å². The van der Waals surface area contributed by atoms with Crippen LogP contribution in [-0.4, -0.2) is 41.2 Å². The van der Waals surface area contributed by atoms with Crippen molar-refractivity contribution < 1.29 is 9.18 Å². The molecule has 28 heavy (non-hydrogen) atoms. The number of carbonyl (C=O) groups is 1. The monoisotopic (exact) mass is 418 g/mol. The van der Waals surface area contributed by atoms with Gasteiger partial charge in [0.05, 0.1) is 11.7 Å². The Morgan fingerprint density at radius 3 is 2.57 bits per heavy atom. The van der Waals surface area contributed by atoms with E-state index < -0.39 is 11.4 Å². The molecule has 2 N–H and O–H groups in total. The summed E-state index contributed by atoms with van der Waals surface area (Å²) in [5, 5.41) is 6.69. The number of anilines is 2. The lowest BCUT2D eigenvalue weighted by atomic mass is 9.86. The van der Waals surface area contributed by atoms with E-state index in [1.165, 1.54) is 12.1 Å². The van der Waals surface area contributed by atoms with Crippen molar-refractivity contribution in [3.63, 3.8) is 0 Å². The van der Waals surface area contributed by atoms with Crippen LogP contribution in [0.3, 0.4) is 0 Å². The van der Waals surface area contributed by atoms with Gasteiger partial charge in [-0.2, -0.15) is 0 Å². The van der Waals surface area contributed by atoms with E-state index in [9.17, 15) is 9.18 Å². The molecule has 2 saturated heterocycles. The number of likely N-dealkylation sites (tertiary alicyclic amines) is 1. The first kappa shape index (κ1) is 19.0. The van der Waals surface area contributed by atoms with Crippen LogP contribution in [-0.2, 0) is 4.79 Å². The Kier molecular flexibility index (Phi) is 5.12. The number of halogens is 2. The van der Waals surface area contributed by atoms with Crippen LogP contribution in [0.4, 0.5) is 15.8 Å². The lowest BCUT2D eigenvalue weighted by Crippen LogP contribution is -2.57. The summed E-state index contributed by atoms with van der Waals surface area (Å²) in [5.41, 5.74) is 1.13. The van der Waals surface area contributed by atoms with Crippen molar-refractivity contribution in [3.8, 4) is 0 Å². The number of benzene rings is 2. The molecule has 0 bridgehead atoms. The maximum Gasteiger partial charge on any atom is 0.247 e. The molecule has 2 aromatic carbocycles. The Hall–Kier alpha value is -2.38. The smallest absolute Gasteiger partial charge is 0.247 e. The second kappa shape index (κ2) is 7.56. The molecule has 0 radical (unpaired) electrons. The predicted molar refractivity (Wildman–Crippen MR) is 113 cm³/mol. The van der Waals surface area contributed by atoms with Gasteiger partial charge in [-0.25, -0.2) is 4.39 Å². The van der Waals surface area contributed by atoms with Crippen molar-refractivity contribution in [1.82, 2.24) is 10.2 Å². The lowest BCUT2D eigenvalue weighted by Gasteiger charge is -2.44. The van der Waals surface area contributed by atoms with E-state index in [2.05, 4.69) is 15.5 Å². The second-order valence-corrected chi connectivity index (χ2v) is 7.80. The van der Waals surface area contributed by atoms with Gasteiger partial charge in [0.25, 0.3) is 0 Å². The fraction of sp³-hybridized carbons (Fsp3) is 0.300. The minimum absolute atomic E-state index is 0.0477. The number of thiocarbonyl (C=S) groups is 1. The number of amides is 1. The molecule has 0 atom stereocenters. The molecular weight excluding hydrogens is 399 g/mol. The molecule has 4 rings (SSSR count). The molecule has 2 fully saturated rings. The maximum atomic E-state index is 13.3. The van der Waals surface area contributed by atoms with E-state index in [4.69, 9.17) is 23.8 Å². The lowest BCUT2D eigenvalue weighted by molar-refractivity contribution is -0.124. The molecular formula is C20H20ClFN4OS. The van der Waals surface area contributed by atoms with E-state index in [1.807, 2.05) is 35.2 Å². The molecule has 2 aliphatic rings. The molecule has 5 nitrogen and oxygen atoms in total. The van der Waals surface area contributed by atoms with E-state index in [0.717, 1.165) is 5.69 Å². The maximum absolute atomic E-state index is 13.3. The molecule has 0 unspecified atom stereocenters. The quantitative estimate of drug-likeness (QED) is 0.730. The van der Waals surface area contributed by atoms with Crippen LogP contribution in [0.15, 0.2) is 48.5 Å². The Balaban J connectivity index is 1.45. The van der Waals surface area contributed by atoms with E-state index >= 15 is 0 Å². The van der Waals surface area contributed by atoms with Crippen molar-refractivity contribution in [3.05, 3.63) is 59.4 Å². The molecule has 8 heteroatoms. The third-order valence-electron chi connectivity index (χ3n) is 5.45. The van der Waals surface area contributed by atoms with Crippen LogP contribution in [0.25, 0.3) is 0 Å². The average Bonchev–Trinajstić information content (AvgIpc) is 3.02. The van der Waals surface area contributed by atoms with E-state index in [1.54, 1.807) is 6.07 Å². The van der Waals surface area contributed by atoms with Crippen molar-refractivity contribution >= 4 is 46.2 Å². The summed E-state index contributed by atoms with van der Waals surface area (Å²) in [6, 6.07) is 14.4. The highest BCUT2D eigenvalue weighted by Gasteiger charge is 2.50. The zero-order valence-corrected chi connectivity index (χ0v) is 16.7. The number of carbonyl (C=O) groups excluding carboxylic acids is 1. The van der Waals surface area contributed by atoms with Gasteiger partial charge in [-0.1, -0.05) is 29.8 Å². The zero-order chi connectivity index (χ0) is 19.7. The largest absolute Gasteiger partial charge is 0.349 e. The second-order valence-electron chi connectivity index (χ2n) is 7.01. The van der Waals surface area contributed by atoms with Crippen molar-refractivity contribution in [1.29, 1.82) is 0 Å². The van der Waals surface area contributed by atoms with Gasteiger partial charge in [-0.3, -0.25) is 4.79 Å². The SMILES string of the molecule is O=C1NCN(c2ccccc2)C12CCN(C(=S)Nc1ccc(F)c(Cl)c1)CC2. The number of piperidine rings is 1. The van der Waals surface area contributed by atoms with Gasteiger partial charge in [-0.05, 0) is 55.4 Å². The third-order valence-corrected chi connectivity index (χ3v) is 6.10. The number of para-hydroxylation sites is 1. The molecule has 0 saturated carbocycles. The van der Waals surface area contributed by atoms with Crippen molar-refractivity contribution in [2.45, 2.75) is 18.4 Å². The summed E-state index contributed by atoms with van der Waals surface area (Å²) in [4.78, 5) is 16.9. The normalized spacial score (nSPS) is 18.3. The Labute approximate surface area is 173 Å². The van der Waals surface area contributed by atoms with Crippen LogP contribution in [0, 0.1) is 5.82 Å². The highest BCUT2D eigenvalue weighted by Crippen LogP contribution is 2.36. The first-order valence-electron chi connectivity index (χ1n) is 9.12. The zero-order valence-electron chi connectivity index (χ0n) is 15.1. The molecule has 1 amide bonds. The Morgan fingerprint density at radius 1 is 1.18 bits per heavy atom. The highest BCUT2D eigenvalue weighted by atomic mass is 35.5. The van der Waals surface area contributed by atoms with Crippen LogP contribution in [0.2, 0.25) is 5.02 Å². The fourth-order valence-electron chi connectivity index (χ4n) is 3.89. The van der Waals surface area contributed by atoms with Gasteiger partial charge >= 0.3 is 0 Å². The summed E-state index contributed by atoms with van der Waals surface area (Å²) in [6.07, 6.45) is 1.33. The van der Waals surface area contributed by atoms with Crippen LogP contribution >= 0.6 is 23.8 Å². The predicted octanol–water partition coefficient (Wildman–Crippen LogP) is 3.60. The van der Waals surface area contributed by atoms with Crippen molar-refractivity contribution in [2.75, 3.05) is 30.0 Å². The third kappa shape index (κ3) is 3.40. The van der Waals surface area contributed by atoms with Crippen LogP contribution < -0.4 is 15.5 Å². The Bertz CT molecular complexity index is 902. The van der Waals surface area contributed by atoms with E-state index in [-0.39, 0.29) is 10.9 Å². The van der Waals surface area contributed by atoms with Gasteiger partial charge in [-0.15, -0.1) is 0 Å². The molecule has 2 heterocycles. The van der Waals surface area contributed by atoms with Crippen LogP contribution in [0.1, 0.15) is 12.8 Å². The molecule has 0 aliphatic carbocycles. The topological polar surface area (TPSA) is 47.6 Å². The number of nitrogens with zero attached hydrogens (tertiary/aromatic N) is 2. The molecule has 0 aromatic heterocycles. The summed E-state index contributed by atoms with van der Waals surface area (Å²) < 4.78 is 13.3. The van der Waals surface area contributed by atoms with Crippen molar-refractivity contribution in [2.24, 2.45) is 0 Å². The number of hydrogen-bond acceptors (Lipinski definition) is 3. The molecule has 2 aliphatic heterocycles. The highest BCUT2D eigenvalue weighted by molar-refractivity contribution is 7.80.